The van der Waals surface area contributed by atoms with Crippen LogP contribution in [0.15, 0.2) is 42.7 Å². The fourth-order valence-corrected chi connectivity index (χ4v) is 2.95. The molecular formula is C19H19BN4O2. The summed E-state index contributed by atoms with van der Waals surface area (Å²) >= 11 is 0. The van der Waals surface area contributed by atoms with E-state index in [1.165, 1.54) is 0 Å². The molecule has 3 aromatic rings. The van der Waals surface area contributed by atoms with Crippen LogP contribution in [0.2, 0.25) is 0 Å². The molecule has 7 heteroatoms. The monoisotopic (exact) mass is 346 g/mol. The van der Waals surface area contributed by atoms with Crippen LogP contribution in [0.25, 0.3) is 16.7 Å². The molecule has 6 nitrogen and oxygen atoms in total. The number of hydrogen-bond donors (Lipinski definition) is 0. The van der Waals surface area contributed by atoms with Crippen LogP contribution in [-0.4, -0.2) is 33.1 Å². The second-order valence-electron chi connectivity index (χ2n) is 7.48. The van der Waals surface area contributed by atoms with Crippen LogP contribution in [-0.2, 0) is 9.31 Å². The highest BCUT2D eigenvalue weighted by atomic mass is 16.7. The minimum absolute atomic E-state index is 0.393. The molecule has 0 saturated carbocycles. The van der Waals surface area contributed by atoms with Gasteiger partial charge in [0.2, 0.25) is 0 Å². The first-order valence-electron chi connectivity index (χ1n) is 8.51. The molecule has 1 saturated heterocycles. The highest BCUT2D eigenvalue weighted by molar-refractivity contribution is 6.62. The standard InChI is InChI=1S/C19H19BN4O2/c1-18(2)19(3,4)26-20(25-18)15-6-5-14-12-23-24(16(14)10-15)17-9-13(11-21)7-8-22-17/h5-10,12H,1-4H3. The third-order valence-corrected chi connectivity index (χ3v) is 5.21. The van der Waals surface area contributed by atoms with Crippen molar-refractivity contribution in [2.75, 3.05) is 0 Å². The summed E-state index contributed by atoms with van der Waals surface area (Å²) in [6, 6.07) is 11.5. The summed E-state index contributed by atoms with van der Waals surface area (Å²) in [5.74, 6) is 0.602. The van der Waals surface area contributed by atoms with Gasteiger partial charge in [0.05, 0.1) is 34.5 Å². The molecule has 1 aliphatic heterocycles. The molecule has 1 aromatic carbocycles. The molecule has 1 fully saturated rings. The third kappa shape index (κ3) is 2.59. The van der Waals surface area contributed by atoms with Crippen molar-refractivity contribution in [2.24, 2.45) is 0 Å². The van der Waals surface area contributed by atoms with Gasteiger partial charge >= 0.3 is 7.12 Å². The molecule has 0 radical (unpaired) electrons. The molecule has 0 atom stereocenters. The minimum atomic E-state index is -0.439. The van der Waals surface area contributed by atoms with E-state index in [9.17, 15) is 0 Å². The summed E-state index contributed by atoms with van der Waals surface area (Å²) < 4.78 is 14.0. The minimum Gasteiger partial charge on any atom is -0.399 e. The molecule has 0 spiro atoms. The van der Waals surface area contributed by atoms with Crippen LogP contribution in [0, 0.1) is 11.3 Å². The summed E-state index contributed by atoms with van der Waals surface area (Å²) in [5, 5.41) is 14.5. The molecule has 0 unspecified atom stereocenters. The van der Waals surface area contributed by atoms with Gasteiger partial charge in [0, 0.05) is 17.6 Å². The van der Waals surface area contributed by atoms with Gasteiger partial charge in [0.25, 0.3) is 0 Å². The number of fused-ring (bicyclic) bond motifs is 1. The highest BCUT2D eigenvalue weighted by Gasteiger charge is 2.51. The quantitative estimate of drug-likeness (QED) is 0.667. The van der Waals surface area contributed by atoms with Gasteiger partial charge in [-0.1, -0.05) is 12.1 Å². The van der Waals surface area contributed by atoms with E-state index in [2.05, 4.69) is 16.2 Å². The Morgan fingerprint density at radius 3 is 2.50 bits per heavy atom. The number of hydrogen-bond acceptors (Lipinski definition) is 5. The maximum atomic E-state index is 9.12. The lowest BCUT2D eigenvalue weighted by Crippen LogP contribution is -2.41. The van der Waals surface area contributed by atoms with Crippen LogP contribution in [0.5, 0.6) is 0 Å². The van der Waals surface area contributed by atoms with Crippen molar-refractivity contribution in [2.45, 2.75) is 38.9 Å². The Labute approximate surface area is 152 Å². The van der Waals surface area contributed by atoms with E-state index in [1.54, 1.807) is 29.2 Å². The number of rotatable bonds is 2. The molecule has 130 valence electrons. The van der Waals surface area contributed by atoms with Gasteiger partial charge in [0.15, 0.2) is 5.82 Å². The van der Waals surface area contributed by atoms with Crippen LogP contribution < -0.4 is 5.46 Å². The molecule has 2 aromatic heterocycles. The zero-order chi connectivity index (χ0) is 18.5. The zero-order valence-corrected chi connectivity index (χ0v) is 15.2. The van der Waals surface area contributed by atoms with Crippen molar-refractivity contribution in [3.05, 3.63) is 48.3 Å². The van der Waals surface area contributed by atoms with Gasteiger partial charge in [-0.25, -0.2) is 9.67 Å². The Morgan fingerprint density at radius 1 is 1.08 bits per heavy atom. The van der Waals surface area contributed by atoms with Gasteiger partial charge in [-0.2, -0.15) is 10.4 Å². The van der Waals surface area contributed by atoms with Gasteiger partial charge in [0.1, 0.15) is 0 Å². The first-order valence-corrected chi connectivity index (χ1v) is 8.51. The van der Waals surface area contributed by atoms with E-state index in [0.717, 1.165) is 16.4 Å². The Bertz CT molecular complexity index is 1020. The summed E-state index contributed by atoms with van der Waals surface area (Å²) in [6.45, 7) is 8.14. The normalized spacial score (nSPS) is 18.2. The molecule has 0 bridgehead atoms. The van der Waals surface area contributed by atoms with E-state index in [4.69, 9.17) is 14.6 Å². The largest absolute Gasteiger partial charge is 0.494 e. The topological polar surface area (TPSA) is 73.0 Å². The van der Waals surface area contributed by atoms with Gasteiger partial charge in [-0.05, 0) is 45.3 Å². The fourth-order valence-electron chi connectivity index (χ4n) is 2.95. The SMILES string of the molecule is CC1(C)OB(c2ccc3cnn(-c4cc(C#N)ccn4)c3c2)OC1(C)C. The molecular weight excluding hydrogens is 327 g/mol. The van der Waals surface area contributed by atoms with Crippen LogP contribution in [0.1, 0.15) is 33.3 Å². The Hall–Kier alpha value is -2.69. The van der Waals surface area contributed by atoms with Crippen molar-refractivity contribution in [3.63, 3.8) is 0 Å². The second-order valence-corrected chi connectivity index (χ2v) is 7.48. The van der Waals surface area contributed by atoms with Crippen LogP contribution in [0.3, 0.4) is 0 Å². The summed E-state index contributed by atoms with van der Waals surface area (Å²) in [7, 11) is -0.439. The molecule has 0 amide bonds. The van der Waals surface area contributed by atoms with E-state index < -0.39 is 18.3 Å². The van der Waals surface area contributed by atoms with E-state index in [0.29, 0.717) is 11.4 Å². The van der Waals surface area contributed by atoms with Gasteiger partial charge in [-0.15, -0.1) is 0 Å². The van der Waals surface area contributed by atoms with Gasteiger partial charge in [-0.3, -0.25) is 0 Å². The maximum Gasteiger partial charge on any atom is 0.494 e. The van der Waals surface area contributed by atoms with E-state index in [-0.39, 0.29) is 0 Å². The lowest BCUT2D eigenvalue weighted by Gasteiger charge is -2.32. The predicted molar refractivity (Wildman–Crippen MR) is 99.3 cm³/mol. The Kier molecular flexibility index (Phi) is 3.65. The lowest BCUT2D eigenvalue weighted by atomic mass is 9.79. The lowest BCUT2D eigenvalue weighted by molar-refractivity contribution is 0.00578. The molecule has 4 rings (SSSR count). The number of aromatic nitrogens is 3. The highest BCUT2D eigenvalue weighted by Crippen LogP contribution is 2.36. The Morgan fingerprint density at radius 2 is 1.81 bits per heavy atom. The van der Waals surface area contributed by atoms with Crippen LogP contribution in [0.4, 0.5) is 0 Å². The van der Waals surface area contributed by atoms with E-state index in [1.807, 2.05) is 45.9 Å². The van der Waals surface area contributed by atoms with E-state index >= 15 is 0 Å². The molecule has 0 N–H and O–H groups in total. The molecule has 0 aliphatic carbocycles. The fraction of sp³-hybridized carbons (Fsp3) is 0.316. The predicted octanol–water partition coefficient (Wildman–Crippen LogP) is 2.59. The average molecular weight is 346 g/mol. The summed E-state index contributed by atoms with van der Waals surface area (Å²) in [4.78, 5) is 4.34. The average Bonchev–Trinajstić information content (AvgIpc) is 3.12. The molecule has 3 heterocycles. The third-order valence-electron chi connectivity index (χ3n) is 5.21. The number of nitriles is 1. The first kappa shape index (κ1) is 16.8. The van der Waals surface area contributed by atoms with Crippen molar-refractivity contribution < 1.29 is 9.31 Å². The summed E-state index contributed by atoms with van der Waals surface area (Å²) in [5.41, 5.74) is 1.57. The zero-order valence-electron chi connectivity index (χ0n) is 15.2. The van der Waals surface area contributed by atoms with Crippen LogP contribution >= 0.6 is 0 Å². The van der Waals surface area contributed by atoms with Crippen molar-refractivity contribution in [1.29, 1.82) is 5.26 Å². The number of nitrogens with zero attached hydrogens (tertiary/aromatic N) is 4. The molecule has 26 heavy (non-hydrogen) atoms. The van der Waals surface area contributed by atoms with Gasteiger partial charge < -0.3 is 9.31 Å². The Balaban J connectivity index is 1.78. The summed E-state index contributed by atoms with van der Waals surface area (Å²) in [6.07, 6.45) is 3.39. The van der Waals surface area contributed by atoms with Crippen molar-refractivity contribution >= 4 is 23.5 Å². The first-order chi connectivity index (χ1) is 12.3. The maximum absolute atomic E-state index is 9.12. The number of pyridine rings is 1. The second kappa shape index (κ2) is 5.66. The van der Waals surface area contributed by atoms with Crippen molar-refractivity contribution in [1.82, 2.24) is 14.8 Å². The smallest absolute Gasteiger partial charge is 0.399 e. The molecule has 1 aliphatic rings. The van der Waals surface area contributed by atoms with Crippen molar-refractivity contribution in [3.8, 4) is 11.9 Å². The number of benzene rings is 1.